The molecule has 9 nitrogen and oxygen atoms in total. The van der Waals surface area contributed by atoms with Crippen LogP contribution in [0.1, 0.15) is 19.4 Å². The summed E-state index contributed by atoms with van der Waals surface area (Å²) in [6.45, 7) is 3.57. The van der Waals surface area contributed by atoms with Gasteiger partial charge >= 0.3 is 17.6 Å². The Balaban J connectivity index is 2.70. The summed E-state index contributed by atoms with van der Waals surface area (Å²) in [6, 6.07) is 0. The van der Waals surface area contributed by atoms with E-state index in [1.54, 1.807) is 6.92 Å². The molecule has 0 radical (unpaired) electrons. The van der Waals surface area contributed by atoms with E-state index in [0.29, 0.717) is 5.56 Å². The third kappa shape index (κ3) is 5.92. The Bertz CT molecular complexity index is 629. The summed E-state index contributed by atoms with van der Waals surface area (Å²) in [5.41, 5.74) is -0.758. The molecule has 0 amide bonds. The first-order valence-corrected chi connectivity index (χ1v) is 6.48. The lowest BCUT2D eigenvalue weighted by Gasteiger charge is -2.18. The summed E-state index contributed by atoms with van der Waals surface area (Å²) < 4.78 is 16.1. The van der Waals surface area contributed by atoms with Crippen LogP contribution < -0.4 is 11.2 Å². The van der Waals surface area contributed by atoms with Crippen LogP contribution >= 0.6 is 0 Å². The van der Waals surface area contributed by atoms with Gasteiger partial charge in [0.15, 0.2) is 0 Å². The normalized spacial score (nSPS) is 10.5. The first-order chi connectivity index (χ1) is 10.3. The smallest absolute Gasteiger partial charge is 0.330 e. The number of H-pyrrole nitrogens is 1. The van der Waals surface area contributed by atoms with Crippen LogP contribution in [0.5, 0.6) is 0 Å². The fourth-order valence-electron chi connectivity index (χ4n) is 1.47. The lowest BCUT2D eigenvalue weighted by molar-refractivity contribution is -0.154. The zero-order chi connectivity index (χ0) is 16.7. The molecule has 1 rings (SSSR count). The number of aryl methyl sites for hydroxylation is 1. The molecule has 0 aliphatic carbocycles. The molecule has 122 valence electrons. The molecular weight excluding hydrogens is 296 g/mol. The van der Waals surface area contributed by atoms with Crippen LogP contribution in [-0.2, 0) is 30.5 Å². The average Bonchev–Trinajstić information content (AvgIpc) is 2.42. The van der Waals surface area contributed by atoms with Crippen molar-refractivity contribution in [3.8, 4) is 0 Å². The number of ether oxygens (including phenoxy) is 3. The first kappa shape index (κ1) is 17.6. The van der Waals surface area contributed by atoms with E-state index in [1.165, 1.54) is 20.0 Å². The standard InChI is InChI=1S/C13H18N2O7/c1-8-4-15(13(19)14-12(8)18)7-22-11(5-20-9(2)16)6-21-10(3)17/h4,11H,5-7H2,1-3H3,(H,14,18,19). The number of hydrogen-bond acceptors (Lipinski definition) is 7. The molecular formula is C13H18N2O7. The van der Waals surface area contributed by atoms with E-state index in [1.807, 2.05) is 0 Å². The van der Waals surface area contributed by atoms with Gasteiger partial charge in [0.2, 0.25) is 0 Å². The van der Waals surface area contributed by atoms with Crippen molar-refractivity contribution in [1.82, 2.24) is 9.55 Å². The summed E-state index contributed by atoms with van der Waals surface area (Å²) in [5, 5.41) is 0. The highest BCUT2D eigenvalue weighted by Gasteiger charge is 2.14. The summed E-state index contributed by atoms with van der Waals surface area (Å²) in [4.78, 5) is 46.6. The van der Waals surface area contributed by atoms with Crippen LogP contribution in [0.3, 0.4) is 0 Å². The van der Waals surface area contributed by atoms with Gasteiger partial charge in [-0.2, -0.15) is 0 Å². The fourth-order valence-corrected chi connectivity index (χ4v) is 1.47. The SMILES string of the molecule is CC(=O)OCC(COC(C)=O)OCn1cc(C)c(=O)[nH]c1=O. The predicted octanol–water partition coefficient (Wildman–Crippen LogP) is -0.686. The van der Waals surface area contributed by atoms with Crippen LogP contribution in [0, 0.1) is 6.92 Å². The second kappa shape index (κ2) is 8.13. The second-order valence-electron chi connectivity index (χ2n) is 4.56. The van der Waals surface area contributed by atoms with Gasteiger partial charge in [-0.05, 0) is 6.92 Å². The van der Waals surface area contributed by atoms with Crippen LogP contribution in [0.4, 0.5) is 0 Å². The van der Waals surface area contributed by atoms with Gasteiger partial charge in [-0.1, -0.05) is 0 Å². The van der Waals surface area contributed by atoms with Gasteiger partial charge < -0.3 is 14.2 Å². The van der Waals surface area contributed by atoms with Gasteiger partial charge in [0.1, 0.15) is 26.0 Å². The highest BCUT2D eigenvalue weighted by Crippen LogP contribution is 1.98. The zero-order valence-electron chi connectivity index (χ0n) is 12.6. The van der Waals surface area contributed by atoms with Crippen LogP contribution in [0.2, 0.25) is 0 Å². The molecule has 1 aromatic rings. The molecule has 1 aromatic heterocycles. The van der Waals surface area contributed by atoms with Gasteiger partial charge in [0.05, 0.1) is 0 Å². The molecule has 0 fully saturated rings. The quantitative estimate of drug-likeness (QED) is 0.662. The van der Waals surface area contributed by atoms with Crippen LogP contribution in [0.15, 0.2) is 15.8 Å². The largest absolute Gasteiger partial charge is 0.463 e. The maximum absolute atomic E-state index is 11.6. The van der Waals surface area contributed by atoms with E-state index >= 15 is 0 Å². The Hall–Kier alpha value is -2.42. The number of nitrogens with zero attached hydrogens (tertiary/aromatic N) is 1. The number of aromatic nitrogens is 2. The highest BCUT2D eigenvalue weighted by atomic mass is 16.6. The monoisotopic (exact) mass is 314 g/mol. The van der Waals surface area contributed by atoms with Gasteiger partial charge in [0, 0.05) is 25.6 Å². The van der Waals surface area contributed by atoms with E-state index in [0.717, 1.165) is 4.57 Å². The molecule has 0 aromatic carbocycles. The molecule has 0 spiro atoms. The second-order valence-corrected chi connectivity index (χ2v) is 4.56. The summed E-state index contributed by atoms with van der Waals surface area (Å²) in [6.07, 6.45) is 0.613. The van der Waals surface area contributed by atoms with Crippen LogP contribution in [0.25, 0.3) is 0 Å². The summed E-state index contributed by atoms with van der Waals surface area (Å²) >= 11 is 0. The number of rotatable bonds is 7. The number of carbonyl (C=O) groups excluding carboxylic acids is 2. The number of hydrogen-bond donors (Lipinski definition) is 1. The molecule has 1 N–H and O–H groups in total. The third-order valence-electron chi connectivity index (χ3n) is 2.58. The number of nitrogens with one attached hydrogen (secondary N) is 1. The molecule has 0 bridgehead atoms. The average molecular weight is 314 g/mol. The molecule has 9 heteroatoms. The molecule has 0 saturated carbocycles. The van der Waals surface area contributed by atoms with Gasteiger partial charge in [-0.15, -0.1) is 0 Å². The van der Waals surface area contributed by atoms with Gasteiger partial charge in [-0.25, -0.2) is 4.79 Å². The van der Waals surface area contributed by atoms with E-state index in [9.17, 15) is 19.2 Å². The van der Waals surface area contributed by atoms with Crippen molar-refractivity contribution >= 4 is 11.9 Å². The molecule has 1 heterocycles. The zero-order valence-corrected chi connectivity index (χ0v) is 12.6. The van der Waals surface area contributed by atoms with Crippen molar-refractivity contribution in [2.24, 2.45) is 0 Å². The molecule has 0 aliphatic rings. The summed E-state index contributed by atoms with van der Waals surface area (Å²) in [7, 11) is 0. The van der Waals surface area contributed by atoms with Crippen molar-refractivity contribution in [2.75, 3.05) is 13.2 Å². The molecule has 0 aliphatic heterocycles. The Morgan fingerprint density at radius 3 is 2.23 bits per heavy atom. The number of esters is 2. The predicted molar refractivity (Wildman–Crippen MR) is 74.2 cm³/mol. The molecule has 22 heavy (non-hydrogen) atoms. The minimum absolute atomic E-state index is 0.125. The number of aromatic amines is 1. The maximum atomic E-state index is 11.6. The van der Waals surface area contributed by atoms with E-state index in [4.69, 9.17) is 14.2 Å². The van der Waals surface area contributed by atoms with Crippen molar-refractivity contribution < 1.29 is 23.8 Å². The van der Waals surface area contributed by atoms with Crippen LogP contribution in [-0.4, -0.2) is 40.8 Å². The highest BCUT2D eigenvalue weighted by molar-refractivity contribution is 5.66. The van der Waals surface area contributed by atoms with Crippen molar-refractivity contribution in [3.63, 3.8) is 0 Å². The molecule has 0 atom stereocenters. The van der Waals surface area contributed by atoms with Crippen molar-refractivity contribution in [2.45, 2.75) is 33.6 Å². The minimum atomic E-state index is -0.730. The first-order valence-electron chi connectivity index (χ1n) is 6.48. The maximum Gasteiger partial charge on any atom is 0.330 e. The lowest BCUT2D eigenvalue weighted by Crippen LogP contribution is -2.34. The van der Waals surface area contributed by atoms with Gasteiger partial charge in [0.25, 0.3) is 5.56 Å². The summed E-state index contributed by atoms with van der Waals surface area (Å²) in [5.74, 6) is -1.01. The van der Waals surface area contributed by atoms with Crippen molar-refractivity contribution in [1.29, 1.82) is 0 Å². The topological polar surface area (TPSA) is 117 Å². The Morgan fingerprint density at radius 1 is 1.18 bits per heavy atom. The Kier molecular flexibility index (Phi) is 6.51. The van der Waals surface area contributed by atoms with Crippen molar-refractivity contribution in [3.05, 3.63) is 32.6 Å². The fraction of sp³-hybridized carbons (Fsp3) is 0.538. The third-order valence-corrected chi connectivity index (χ3v) is 2.58. The lowest BCUT2D eigenvalue weighted by atomic mass is 10.4. The van der Waals surface area contributed by atoms with E-state index in [-0.39, 0.29) is 19.9 Å². The molecule has 0 unspecified atom stereocenters. The van der Waals surface area contributed by atoms with E-state index < -0.39 is 29.3 Å². The van der Waals surface area contributed by atoms with E-state index in [2.05, 4.69) is 4.98 Å². The van der Waals surface area contributed by atoms with Gasteiger partial charge in [-0.3, -0.25) is 23.9 Å². The molecule has 0 saturated heterocycles. The Labute approximate surface area is 125 Å². The minimum Gasteiger partial charge on any atom is -0.463 e. The Morgan fingerprint density at radius 2 is 1.73 bits per heavy atom. The number of carbonyl (C=O) groups is 2.